The van der Waals surface area contributed by atoms with Gasteiger partial charge in [-0.2, -0.15) is 4.98 Å². The number of aromatic nitrogens is 3. The SMILES string of the molecule is Cc1oc2nc(SCC(=O)Nc3cccnc3Cl)nc(NC(=O)c3ccccc3)c2c1C. The van der Waals surface area contributed by atoms with Crippen LogP contribution >= 0.6 is 23.4 Å². The van der Waals surface area contributed by atoms with Crippen LogP contribution in [0.15, 0.2) is 58.2 Å². The number of pyridine rings is 1. The fraction of sp³-hybridized carbons (Fsp3) is 0.136. The van der Waals surface area contributed by atoms with Crippen molar-refractivity contribution in [3.63, 3.8) is 0 Å². The zero-order valence-electron chi connectivity index (χ0n) is 17.2. The third-order valence-electron chi connectivity index (χ3n) is 4.64. The number of fused-ring (bicyclic) bond motifs is 1. The van der Waals surface area contributed by atoms with Gasteiger partial charge in [-0.3, -0.25) is 9.59 Å². The Morgan fingerprint density at radius 3 is 2.59 bits per heavy atom. The molecule has 1 aromatic carbocycles. The Bertz CT molecular complexity index is 1310. The summed E-state index contributed by atoms with van der Waals surface area (Å²) in [5.74, 6) is 0.438. The van der Waals surface area contributed by atoms with Gasteiger partial charge in [0, 0.05) is 17.3 Å². The molecule has 0 spiro atoms. The van der Waals surface area contributed by atoms with Gasteiger partial charge in [0.05, 0.1) is 16.8 Å². The van der Waals surface area contributed by atoms with Gasteiger partial charge >= 0.3 is 0 Å². The van der Waals surface area contributed by atoms with Crippen LogP contribution in [-0.4, -0.2) is 32.5 Å². The lowest BCUT2D eigenvalue weighted by atomic mass is 10.2. The number of rotatable bonds is 6. The van der Waals surface area contributed by atoms with E-state index in [0.29, 0.717) is 39.1 Å². The second-order valence-electron chi connectivity index (χ2n) is 6.82. The fourth-order valence-corrected chi connectivity index (χ4v) is 3.75. The summed E-state index contributed by atoms with van der Waals surface area (Å²) in [6.07, 6.45) is 1.54. The molecule has 3 aromatic heterocycles. The van der Waals surface area contributed by atoms with Crippen LogP contribution in [-0.2, 0) is 4.79 Å². The van der Waals surface area contributed by atoms with E-state index in [1.807, 2.05) is 19.9 Å². The lowest BCUT2D eigenvalue weighted by molar-refractivity contribution is -0.113. The third-order valence-corrected chi connectivity index (χ3v) is 5.79. The van der Waals surface area contributed by atoms with Gasteiger partial charge in [0.1, 0.15) is 11.6 Å². The number of carbonyl (C=O) groups is 2. The number of nitrogens with one attached hydrogen (secondary N) is 2. The molecule has 0 saturated carbocycles. The maximum Gasteiger partial charge on any atom is 0.256 e. The average molecular weight is 468 g/mol. The number of hydrogen-bond acceptors (Lipinski definition) is 7. The summed E-state index contributed by atoms with van der Waals surface area (Å²) in [5, 5.41) is 6.66. The van der Waals surface area contributed by atoms with Crippen LogP contribution in [0.1, 0.15) is 21.7 Å². The van der Waals surface area contributed by atoms with E-state index in [9.17, 15) is 9.59 Å². The molecule has 162 valence electrons. The smallest absolute Gasteiger partial charge is 0.256 e. The van der Waals surface area contributed by atoms with Gasteiger partial charge in [-0.05, 0) is 38.1 Å². The highest BCUT2D eigenvalue weighted by molar-refractivity contribution is 7.99. The summed E-state index contributed by atoms with van der Waals surface area (Å²) < 4.78 is 5.74. The van der Waals surface area contributed by atoms with Gasteiger partial charge in [0.2, 0.25) is 11.6 Å². The number of thioether (sulfide) groups is 1. The van der Waals surface area contributed by atoms with Gasteiger partial charge in [0.15, 0.2) is 10.3 Å². The lowest BCUT2D eigenvalue weighted by Crippen LogP contribution is -2.16. The van der Waals surface area contributed by atoms with E-state index < -0.39 is 0 Å². The van der Waals surface area contributed by atoms with Gasteiger partial charge in [-0.1, -0.05) is 41.6 Å². The number of amides is 2. The first-order valence-electron chi connectivity index (χ1n) is 9.59. The molecule has 4 aromatic rings. The Hall–Kier alpha value is -3.43. The Balaban J connectivity index is 1.56. The molecule has 0 unspecified atom stereocenters. The number of benzene rings is 1. The van der Waals surface area contributed by atoms with Crippen molar-refractivity contribution < 1.29 is 14.0 Å². The molecule has 0 aliphatic carbocycles. The molecule has 2 N–H and O–H groups in total. The van der Waals surface area contributed by atoms with Crippen molar-refractivity contribution >= 4 is 57.8 Å². The van der Waals surface area contributed by atoms with Crippen molar-refractivity contribution in [2.75, 3.05) is 16.4 Å². The predicted molar refractivity (Wildman–Crippen MR) is 124 cm³/mol. The second-order valence-corrected chi connectivity index (χ2v) is 8.12. The largest absolute Gasteiger partial charge is 0.443 e. The number of hydrogen-bond donors (Lipinski definition) is 2. The molecule has 4 rings (SSSR count). The van der Waals surface area contributed by atoms with Crippen LogP contribution in [0.2, 0.25) is 5.15 Å². The molecule has 32 heavy (non-hydrogen) atoms. The van der Waals surface area contributed by atoms with E-state index in [-0.39, 0.29) is 22.7 Å². The van der Waals surface area contributed by atoms with E-state index in [1.165, 1.54) is 6.20 Å². The monoisotopic (exact) mass is 467 g/mol. The number of nitrogens with zero attached hydrogens (tertiary/aromatic N) is 3. The van der Waals surface area contributed by atoms with Gasteiger partial charge in [0.25, 0.3) is 5.91 Å². The molecular weight excluding hydrogens is 450 g/mol. The number of halogens is 1. The van der Waals surface area contributed by atoms with Crippen molar-refractivity contribution in [1.29, 1.82) is 0 Å². The summed E-state index contributed by atoms with van der Waals surface area (Å²) in [5.41, 5.74) is 2.10. The Morgan fingerprint density at radius 2 is 1.84 bits per heavy atom. The number of furan rings is 1. The molecule has 0 saturated heterocycles. The zero-order valence-corrected chi connectivity index (χ0v) is 18.8. The second kappa shape index (κ2) is 9.37. The van der Waals surface area contributed by atoms with Gasteiger partial charge in [-0.15, -0.1) is 0 Å². The van der Waals surface area contributed by atoms with Crippen molar-refractivity contribution in [1.82, 2.24) is 15.0 Å². The highest BCUT2D eigenvalue weighted by atomic mass is 35.5. The minimum Gasteiger partial charge on any atom is -0.443 e. The van der Waals surface area contributed by atoms with Crippen LogP contribution < -0.4 is 10.6 Å². The molecule has 0 atom stereocenters. The maximum atomic E-state index is 12.7. The van der Waals surface area contributed by atoms with Crippen LogP contribution in [0.25, 0.3) is 11.1 Å². The van der Waals surface area contributed by atoms with Gasteiger partial charge in [-0.25, -0.2) is 9.97 Å². The van der Waals surface area contributed by atoms with Crippen molar-refractivity contribution in [3.05, 3.63) is 70.7 Å². The maximum absolute atomic E-state index is 12.7. The van der Waals surface area contributed by atoms with Crippen LogP contribution in [0.4, 0.5) is 11.5 Å². The van der Waals surface area contributed by atoms with E-state index >= 15 is 0 Å². The quantitative estimate of drug-likeness (QED) is 0.236. The van der Waals surface area contributed by atoms with Gasteiger partial charge < -0.3 is 15.1 Å². The first-order valence-corrected chi connectivity index (χ1v) is 11.0. The topological polar surface area (TPSA) is 110 Å². The third kappa shape index (κ3) is 4.74. The highest BCUT2D eigenvalue weighted by Gasteiger charge is 2.19. The molecular formula is C22H18ClN5O3S. The predicted octanol–water partition coefficient (Wildman–Crippen LogP) is 4.87. The number of carbonyl (C=O) groups excluding carboxylic acids is 2. The number of aryl methyl sites for hydroxylation is 2. The van der Waals surface area contributed by atoms with E-state index in [2.05, 4.69) is 25.6 Å². The molecule has 0 radical (unpaired) electrons. The molecule has 8 nitrogen and oxygen atoms in total. The average Bonchev–Trinajstić information content (AvgIpc) is 3.08. The minimum atomic E-state index is -0.302. The Labute approximate surface area is 192 Å². The highest BCUT2D eigenvalue weighted by Crippen LogP contribution is 2.31. The van der Waals surface area contributed by atoms with E-state index in [1.54, 1.807) is 36.4 Å². The van der Waals surface area contributed by atoms with Crippen molar-refractivity contribution in [3.8, 4) is 0 Å². The molecule has 0 fully saturated rings. The Morgan fingerprint density at radius 1 is 1.06 bits per heavy atom. The van der Waals surface area contributed by atoms with Crippen molar-refractivity contribution in [2.24, 2.45) is 0 Å². The molecule has 10 heteroatoms. The number of anilines is 2. The summed E-state index contributed by atoms with van der Waals surface area (Å²) in [4.78, 5) is 37.9. The molecule has 2 amide bonds. The summed E-state index contributed by atoms with van der Waals surface area (Å²) >= 11 is 7.09. The van der Waals surface area contributed by atoms with E-state index in [0.717, 1.165) is 17.3 Å². The fourth-order valence-electron chi connectivity index (χ4n) is 2.95. The summed E-state index contributed by atoms with van der Waals surface area (Å²) in [7, 11) is 0. The first kappa shape index (κ1) is 21.8. The normalized spacial score (nSPS) is 10.8. The molecule has 0 bridgehead atoms. The standard InChI is InChI=1S/C22H18ClN5O3S/c1-12-13(2)31-21-17(12)19(26-20(30)14-7-4-3-5-8-14)27-22(28-21)32-11-16(29)25-15-9-6-10-24-18(15)23/h3-10H,11H2,1-2H3,(H,25,29)(H,26,27,28,30). The van der Waals surface area contributed by atoms with Crippen LogP contribution in [0, 0.1) is 13.8 Å². The van der Waals surface area contributed by atoms with Crippen LogP contribution in [0.3, 0.4) is 0 Å². The summed E-state index contributed by atoms with van der Waals surface area (Å²) in [6, 6.07) is 12.2. The van der Waals surface area contributed by atoms with Crippen LogP contribution in [0.5, 0.6) is 0 Å². The lowest BCUT2D eigenvalue weighted by Gasteiger charge is -2.09. The first-order chi connectivity index (χ1) is 15.4. The zero-order chi connectivity index (χ0) is 22.7. The Kier molecular flexibility index (Phi) is 6.38. The molecule has 0 aliphatic heterocycles. The molecule has 0 aliphatic rings. The minimum absolute atomic E-state index is 0.0292. The summed E-state index contributed by atoms with van der Waals surface area (Å²) in [6.45, 7) is 3.69. The molecule has 3 heterocycles. The van der Waals surface area contributed by atoms with Crippen molar-refractivity contribution in [2.45, 2.75) is 19.0 Å². The van der Waals surface area contributed by atoms with E-state index in [4.69, 9.17) is 16.0 Å².